The minimum absolute atomic E-state index is 0.237. The first-order chi connectivity index (χ1) is 11.9. The molecule has 3 N–H and O–H groups in total. The minimum Gasteiger partial charge on any atom is -0.397 e. The number of anilines is 1. The number of aromatic nitrogens is 2. The molecule has 2 heterocycles. The van der Waals surface area contributed by atoms with Gasteiger partial charge in [0.15, 0.2) is 0 Å². The molecule has 6 nitrogen and oxygen atoms in total. The molecular weight excluding hydrogens is 334 g/mol. The van der Waals surface area contributed by atoms with E-state index in [0.717, 1.165) is 27.8 Å². The van der Waals surface area contributed by atoms with Crippen molar-refractivity contribution >= 4 is 33.1 Å². The lowest BCUT2D eigenvalue weighted by Crippen LogP contribution is -2.22. The Kier molecular flexibility index (Phi) is 4.38. The van der Waals surface area contributed by atoms with Crippen LogP contribution in [0.2, 0.25) is 0 Å². The van der Waals surface area contributed by atoms with E-state index >= 15 is 0 Å². The van der Waals surface area contributed by atoms with E-state index in [9.17, 15) is 4.79 Å². The quantitative estimate of drug-likeness (QED) is 0.755. The third kappa shape index (κ3) is 3.04. The third-order valence-corrected chi connectivity index (χ3v) is 5.29. The van der Waals surface area contributed by atoms with Crippen LogP contribution in [-0.4, -0.2) is 16.1 Å². The van der Waals surface area contributed by atoms with Crippen molar-refractivity contribution in [3.63, 3.8) is 0 Å². The van der Waals surface area contributed by atoms with Crippen LogP contribution in [-0.2, 0) is 6.54 Å². The molecule has 2 aromatic heterocycles. The van der Waals surface area contributed by atoms with E-state index in [1.54, 1.807) is 6.07 Å². The van der Waals surface area contributed by atoms with Crippen molar-refractivity contribution in [3.05, 3.63) is 51.0 Å². The fourth-order valence-corrected chi connectivity index (χ4v) is 3.65. The molecule has 3 rings (SSSR count). The van der Waals surface area contributed by atoms with Crippen LogP contribution in [0, 0.1) is 32.1 Å². The minimum atomic E-state index is -0.237. The smallest absolute Gasteiger partial charge is 0.263 e. The average Bonchev–Trinajstić information content (AvgIpc) is 2.93. The molecule has 0 spiro atoms. The van der Waals surface area contributed by atoms with E-state index in [1.165, 1.54) is 11.3 Å². The summed E-state index contributed by atoms with van der Waals surface area (Å²) in [5.74, 6) is -0.237. The van der Waals surface area contributed by atoms with Gasteiger partial charge in [-0.1, -0.05) is 12.1 Å². The van der Waals surface area contributed by atoms with E-state index in [2.05, 4.69) is 21.6 Å². The zero-order valence-corrected chi connectivity index (χ0v) is 15.0. The Morgan fingerprint density at radius 1 is 1.32 bits per heavy atom. The number of rotatable bonds is 3. The number of carbonyl (C=O) groups is 1. The Bertz CT molecular complexity index is 1030. The number of nitriles is 1. The van der Waals surface area contributed by atoms with Crippen molar-refractivity contribution < 1.29 is 4.79 Å². The number of thiophene rings is 1. The predicted molar refractivity (Wildman–Crippen MR) is 98.4 cm³/mol. The monoisotopic (exact) mass is 351 g/mol. The highest BCUT2D eigenvalue weighted by Crippen LogP contribution is 2.34. The highest BCUT2D eigenvalue weighted by atomic mass is 32.1. The lowest BCUT2D eigenvalue weighted by Gasteiger charge is -2.06. The van der Waals surface area contributed by atoms with Gasteiger partial charge < -0.3 is 11.1 Å². The number of aryl methyl sites for hydroxylation is 3. The number of amides is 1. The maximum atomic E-state index is 12.5. The van der Waals surface area contributed by atoms with Gasteiger partial charge in [0.05, 0.1) is 23.0 Å². The summed E-state index contributed by atoms with van der Waals surface area (Å²) in [5.41, 5.74) is 10.8. The molecule has 25 heavy (non-hydrogen) atoms. The van der Waals surface area contributed by atoms with Crippen molar-refractivity contribution in [2.24, 2.45) is 0 Å². The number of nitrogens with one attached hydrogen (secondary N) is 1. The molecule has 0 aliphatic heterocycles. The van der Waals surface area contributed by atoms with Crippen molar-refractivity contribution in [2.75, 3.05) is 5.73 Å². The van der Waals surface area contributed by atoms with E-state index in [1.807, 2.05) is 32.9 Å². The number of nitrogens with zero attached hydrogens (tertiary/aromatic N) is 3. The highest BCUT2D eigenvalue weighted by Gasteiger charge is 2.19. The molecule has 7 heteroatoms. The van der Waals surface area contributed by atoms with Crippen LogP contribution in [0.5, 0.6) is 0 Å². The summed E-state index contributed by atoms with van der Waals surface area (Å²) in [6.45, 7) is 6.03. The average molecular weight is 351 g/mol. The van der Waals surface area contributed by atoms with Gasteiger partial charge in [-0.25, -0.2) is 0 Å². The summed E-state index contributed by atoms with van der Waals surface area (Å²) in [4.78, 5) is 13.6. The molecular formula is C18H17N5OS. The van der Waals surface area contributed by atoms with Crippen molar-refractivity contribution in [2.45, 2.75) is 27.3 Å². The molecule has 0 saturated carbocycles. The molecule has 0 saturated heterocycles. The number of hydrogen-bond acceptors (Lipinski definition) is 6. The second kappa shape index (κ2) is 6.49. The number of carbonyl (C=O) groups excluding carboxylic acids is 1. The second-order valence-corrected chi connectivity index (χ2v) is 6.88. The second-order valence-electron chi connectivity index (χ2n) is 5.88. The molecule has 0 fully saturated rings. The summed E-state index contributed by atoms with van der Waals surface area (Å²) < 4.78 is 0. The first-order valence-electron chi connectivity index (χ1n) is 7.72. The Morgan fingerprint density at radius 3 is 2.76 bits per heavy atom. The standard InChI is InChI=1S/C18H17N5OS/c1-9-6-12(4-5-13(9)7-19)8-21-17(24)16-15(20)14-10(2)11(3)22-23-18(14)25-16/h4-6H,8,20H2,1-3H3,(H,21,24). The zero-order valence-electron chi connectivity index (χ0n) is 14.2. The molecule has 0 aliphatic carbocycles. The van der Waals surface area contributed by atoms with Gasteiger partial charge in [0.25, 0.3) is 5.91 Å². The molecule has 3 aromatic rings. The molecule has 1 amide bonds. The summed E-state index contributed by atoms with van der Waals surface area (Å²) >= 11 is 1.25. The molecule has 126 valence electrons. The fraction of sp³-hybridized carbons (Fsp3) is 0.222. The van der Waals surface area contributed by atoms with Crippen molar-refractivity contribution in [1.82, 2.24) is 15.5 Å². The Labute approximate surface area is 149 Å². The first-order valence-corrected chi connectivity index (χ1v) is 8.53. The van der Waals surface area contributed by atoms with E-state index in [-0.39, 0.29) is 5.91 Å². The van der Waals surface area contributed by atoms with E-state index < -0.39 is 0 Å². The third-order valence-electron chi connectivity index (χ3n) is 4.21. The molecule has 0 bridgehead atoms. The van der Waals surface area contributed by atoms with Gasteiger partial charge in [-0.15, -0.1) is 16.4 Å². The molecule has 1 aromatic carbocycles. The van der Waals surface area contributed by atoms with Crippen LogP contribution in [0.3, 0.4) is 0 Å². The Balaban J connectivity index is 1.83. The summed E-state index contributed by atoms with van der Waals surface area (Å²) in [6, 6.07) is 7.61. The SMILES string of the molecule is Cc1cc(CNC(=O)c2sc3nnc(C)c(C)c3c2N)ccc1C#N. The lowest BCUT2D eigenvalue weighted by molar-refractivity contribution is 0.0956. The topological polar surface area (TPSA) is 105 Å². The van der Waals surface area contributed by atoms with Gasteiger partial charge >= 0.3 is 0 Å². The van der Waals surface area contributed by atoms with Crippen LogP contribution in [0.25, 0.3) is 10.2 Å². The maximum absolute atomic E-state index is 12.5. The van der Waals surface area contributed by atoms with Gasteiger partial charge in [0, 0.05) is 11.9 Å². The van der Waals surface area contributed by atoms with E-state index in [4.69, 9.17) is 11.0 Å². The van der Waals surface area contributed by atoms with Gasteiger partial charge in [-0.2, -0.15) is 10.4 Å². The molecule has 0 radical (unpaired) electrons. The zero-order chi connectivity index (χ0) is 18.1. The number of nitrogen functional groups attached to an aromatic ring is 1. The van der Waals surface area contributed by atoms with Gasteiger partial charge in [0.1, 0.15) is 9.71 Å². The highest BCUT2D eigenvalue weighted by molar-refractivity contribution is 7.21. The van der Waals surface area contributed by atoms with Gasteiger partial charge in [-0.3, -0.25) is 4.79 Å². The van der Waals surface area contributed by atoms with Crippen LogP contribution in [0.15, 0.2) is 18.2 Å². The van der Waals surface area contributed by atoms with Crippen LogP contribution >= 0.6 is 11.3 Å². The van der Waals surface area contributed by atoms with Crippen LogP contribution < -0.4 is 11.1 Å². The number of hydrogen-bond donors (Lipinski definition) is 2. The van der Waals surface area contributed by atoms with Crippen molar-refractivity contribution in [3.8, 4) is 6.07 Å². The Hall–Kier alpha value is -2.98. The largest absolute Gasteiger partial charge is 0.397 e. The fourth-order valence-electron chi connectivity index (χ4n) is 2.63. The van der Waals surface area contributed by atoms with Gasteiger partial charge in [0.2, 0.25) is 0 Å². The molecule has 0 aliphatic rings. The van der Waals surface area contributed by atoms with Crippen molar-refractivity contribution in [1.29, 1.82) is 5.26 Å². The summed E-state index contributed by atoms with van der Waals surface area (Å²) in [6.07, 6.45) is 0. The first kappa shape index (κ1) is 16.9. The predicted octanol–water partition coefficient (Wildman–Crippen LogP) is 3.00. The number of benzene rings is 1. The summed E-state index contributed by atoms with van der Waals surface area (Å²) in [7, 11) is 0. The lowest BCUT2D eigenvalue weighted by atomic mass is 10.1. The molecule has 0 unspecified atom stereocenters. The summed E-state index contributed by atoms with van der Waals surface area (Å²) in [5, 5.41) is 20.9. The maximum Gasteiger partial charge on any atom is 0.263 e. The van der Waals surface area contributed by atoms with Gasteiger partial charge in [-0.05, 0) is 43.5 Å². The normalized spacial score (nSPS) is 10.6. The van der Waals surface area contributed by atoms with E-state index in [0.29, 0.717) is 27.5 Å². The molecule has 0 atom stereocenters. The van der Waals surface area contributed by atoms with Crippen LogP contribution in [0.4, 0.5) is 5.69 Å². The number of nitrogens with two attached hydrogens (primary N) is 1. The van der Waals surface area contributed by atoms with Crippen LogP contribution in [0.1, 0.15) is 37.6 Å². The Morgan fingerprint density at radius 2 is 2.08 bits per heavy atom. The number of fused-ring (bicyclic) bond motifs is 1.